The van der Waals surface area contributed by atoms with Crippen LogP contribution in [0.25, 0.3) is 0 Å². The summed E-state index contributed by atoms with van der Waals surface area (Å²) in [6.07, 6.45) is 7.69. The van der Waals surface area contributed by atoms with Crippen molar-refractivity contribution in [2.75, 3.05) is 27.7 Å². The second kappa shape index (κ2) is 4.82. The highest BCUT2D eigenvalue weighted by atomic mass is 35.5. The molecule has 0 atom stereocenters. The number of nitrogens with one attached hydrogen (secondary N) is 1. The summed E-state index contributed by atoms with van der Waals surface area (Å²) in [5.41, 5.74) is 0.261. The molecular formula is C11H24ClN2+. The van der Waals surface area contributed by atoms with Gasteiger partial charge in [0.2, 0.25) is 0 Å². The summed E-state index contributed by atoms with van der Waals surface area (Å²) in [5.74, 6) is 0. The maximum atomic E-state index is 5.86. The Labute approximate surface area is 93.3 Å². The molecule has 1 fully saturated rings. The Balaban J connectivity index is 2.28. The third-order valence-electron chi connectivity index (χ3n) is 3.25. The molecule has 0 aromatic carbocycles. The van der Waals surface area contributed by atoms with Crippen molar-refractivity contribution in [2.45, 2.75) is 44.1 Å². The fourth-order valence-corrected chi connectivity index (χ4v) is 2.62. The average molecular weight is 220 g/mol. The molecular weight excluding hydrogens is 196 g/mol. The Hall–Kier alpha value is 0.210. The Kier molecular flexibility index (Phi) is 4.23. The quantitative estimate of drug-likeness (QED) is 0.554. The minimum absolute atomic E-state index is 0.261. The van der Waals surface area contributed by atoms with Gasteiger partial charge >= 0.3 is 0 Å². The van der Waals surface area contributed by atoms with Crippen LogP contribution in [-0.4, -0.2) is 37.7 Å². The number of hydrogen-bond acceptors (Lipinski definition) is 1. The molecule has 14 heavy (non-hydrogen) atoms. The predicted molar refractivity (Wildman–Crippen MR) is 62.3 cm³/mol. The van der Waals surface area contributed by atoms with Crippen LogP contribution in [0.15, 0.2) is 0 Å². The Morgan fingerprint density at radius 1 is 1.21 bits per heavy atom. The maximum Gasteiger partial charge on any atom is 0.0781 e. The molecule has 0 amide bonds. The van der Waals surface area contributed by atoms with Crippen LogP contribution in [0, 0.1) is 0 Å². The smallest absolute Gasteiger partial charge is 0.0781 e. The van der Waals surface area contributed by atoms with Crippen LogP contribution in [0.1, 0.15) is 38.5 Å². The molecule has 3 heteroatoms. The fourth-order valence-electron chi connectivity index (χ4n) is 2.34. The van der Waals surface area contributed by atoms with Crippen molar-refractivity contribution in [1.82, 2.24) is 4.84 Å². The summed E-state index contributed by atoms with van der Waals surface area (Å²) in [6.45, 7) is 1.24. The predicted octanol–water partition coefficient (Wildman–Crippen LogP) is 2.53. The zero-order chi connectivity index (χ0) is 10.7. The molecule has 0 aromatic rings. The fraction of sp³-hybridized carbons (Fsp3) is 1.00. The monoisotopic (exact) mass is 219 g/mol. The van der Waals surface area contributed by atoms with E-state index in [1.807, 2.05) is 0 Å². The summed E-state index contributed by atoms with van der Waals surface area (Å²) in [6, 6.07) is 0. The SMILES string of the molecule is C[N+](C)(C)CCCC1(NCl)CCCC1. The largest absolute Gasteiger partial charge is 0.331 e. The first-order valence-electron chi connectivity index (χ1n) is 5.66. The normalized spacial score (nSPS) is 21.4. The van der Waals surface area contributed by atoms with Gasteiger partial charge in [-0.15, -0.1) is 0 Å². The Morgan fingerprint density at radius 2 is 1.79 bits per heavy atom. The molecule has 2 nitrogen and oxygen atoms in total. The summed E-state index contributed by atoms with van der Waals surface area (Å²) in [4.78, 5) is 3.03. The van der Waals surface area contributed by atoms with E-state index in [4.69, 9.17) is 11.8 Å². The molecule has 0 spiro atoms. The van der Waals surface area contributed by atoms with Gasteiger partial charge in [-0.1, -0.05) is 12.8 Å². The van der Waals surface area contributed by atoms with E-state index in [-0.39, 0.29) is 5.54 Å². The van der Waals surface area contributed by atoms with Crippen LogP contribution in [-0.2, 0) is 0 Å². The highest BCUT2D eigenvalue weighted by molar-refractivity contribution is 6.13. The first-order chi connectivity index (χ1) is 6.47. The topological polar surface area (TPSA) is 12.0 Å². The standard InChI is InChI=1S/C11H24ClN2/c1-14(2,3)10-6-9-11(13-12)7-4-5-8-11/h13H,4-10H2,1-3H3/q+1. The lowest BCUT2D eigenvalue weighted by atomic mass is 9.93. The van der Waals surface area contributed by atoms with Crippen molar-refractivity contribution in [3.8, 4) is 0 Å². The number of quaternary nitrogens is 1. The highest BCUT2D eigenvalue weighted by Crippen LogP contribution is 2.34. The van der Waals surface area contributed by atoms with Crippen LogP contribution in [0.4, 0.5) is 0 Å². The number of nitrogens with zero attached hydrogens (tertiary/aromatic N) is 1. The first-order valence-corrected chi connectivity index (χ1v) is 6.04. The molecule has 1 aliphatic carbocycles. The van der Waals surface area contributed by atoms with Crippen molar-refractivity contribution in [2.24, 2.45) is 0 Å². The molecule has 1 saturated carbocycles. The van der Waals surface area contributed by atoms with Crippen LogP contribution in [0.3, 0.4) is 0 Å². The van der Waals surface area contributed by atoms with Gasteiger partial charge in [-0.25, -0.2) is 4.84 Å². The van der Waals surface area contributed by atoms with Crippen LogP contribution < -0.4 is 4.84 Å². The van der Waals surface area contributed by atoms with Gasteiger partial charge in [-0.05, 0) is 37.5 Å². The Morgan fingerprint density at radius 3 is 2.21 bits per heavy atom. The van der Waals surface area contributed by atoms with E-state index in [9.17, 15) is 0 Å². The van der Waals surface area contributed by atoms with Crippen molar-refractivity contribution in [1.29, 1.82) is 0 Å². The molecule has 1 N–H and O–H groups in total. The van der Waals surface area contributed by atoms with Crippen molar-refractivity contribution in [3.05, 3.63) is 0 Å². The van der Waals surface area contributed by atoms with Gasteiger partial charge in [-0.3, -0.25) is 0 Å². The summed E-state index contributed by atoms with van der Waals surface area (Å²) < 4.78 is 1.05. The van der Waals surface area contributed by atoms with E-state index in [1.165, 1.54) is 45.1 Å². The molecule has 0 radical (unpaired) electrons. The minimum atomic E-state index is 0.261. The number of hydrogen-bond donors (Lipinski definition) is 1. The van der Waals surface area contributed by atoms with Crippen molar-refractivity contribution in [3.63, 3.8) is 0 Å². The van der Waals surface area contributed by atoms with E-state index in [1.54, 1.807) is 0 Å². The Bertz CT molecular complexity index is 169. The maximum absolute atomic E-state index is 5.86. The zero-order valence-electron chi connectivity index (χ0n) is 9.77. The van der Waals surface area contributed by atoms with E-state index in [2.05, 4.69) is 26.0 Å². The third-order valence-corrected chi connectivity index (χ3v) is 3.65. The summed E-state index contributed by atoms with van der Waals surface area (Å²) in [7, 11) is 6.74. The van der Waals surface area contributed by atoms with E-state index in [0.717, 1.165) is 4.48 Å². The van der Waals surface area contributed by atoms with Gasteiger partial charge in [0.25, 0.3) is 0 Å². The summed E-state index contributed by atoms with van der Waals surface area (Å²) in [5, 5.41) is 0. The third kappa shape index (κ3) is 3.76. The van der Waals surface area contributed by atoms with Crippen LogP contribution in [0.5, 0.6) is 0 Å². The van der Waals surface area contributed by atoms with Gasteiger partial charge in [0, 0.05) is 5.54 Å². The van der Waals surface area contributed by atoms with Gasteiger partial charge < -0.3 is 4.48 Å². The van der Waals surface area contributed by atoms with Crippen molar-refractivity contribution >= 4 is 11.8 Å². The minimum Gasteiger partial charge on any atom is -0.331 e. The van der Waals surface area contributed by atoms with Gasteiger partial charge in [0.1, 0.15) is 0 Å². The molecule has 0 saturated heterocycles. The van der Waals surface area contributed by atoms with Gasteiger partial charge in [0.15, 0.2) is 0 Å². The molecule has 1 rings (SSSR count). The summed E-state index contributed by atoms with van der Waals surface area (Å²) >= 11 is 5.86. The first kappa shape index (κ1) is 12.3. The molecule has 0 aliphatic heterocycles. The molecule has 0 bridgehead atoms. The molecule has 0 aromatic heterocycles. The lowest BCUT2D eigenvalue weighted by Crippen LogP contribution is -2.40. The molecule has 0 heterocycles. The molecule has 84 valence electrons. The number of halogens is 1. The second-order valence-corrected chi connectivity index (χ2v) is 5.89. The lowest BCUT2D eigenvalue weighted by molar-refractivity contribution is -0.870. The van der Waals surface area contributed by atoms with E-state index < -0.39 is 0 Å². The highest BCUT2D eigenvalue weighted by Gasteiger charge is 2.32. The molecule has 0 unspecified atom stereocenters. The average Bonchev–Trinajstić information content (AvgIpc) is 2.52. The van der Waals surface area contributed by atoms with E-state index >= 15 is 0 Å². The second-order valence-electron chi connectivity index (χ2n) is 5.70. The lowest BCUT2D eigenvalue weighted by Gasteiger charge is -2.29. The van der Waals surface area contributed by atoms with Crippen LogP contribution >= 0.6 is 11.8 Å². The van der Waals surface area contributed by atoms with Crippen molar-refractivity contribution < 1.29 is 4.48 Å². The zero-order valence-corrected chi connectivity index (χ0v) is 10.5. The van der Waals surface area contributed by atoms with Gasteiger partial charge in [-0.2, -0.15) is 0 Å². The van der Waals surface area contributed by atoms with E-state index in [0.29, 0.717) is 0 Å². The van der Waals surface area contributed by atoms with Gasteiger partial charge in [0.05, 0.1) is 27.7 Å². The molecule has 1 aliphatic rings. The number of rotatable bonds is 5. The van der Waals surface area contributed by atoms with Crippen LogP contribution in [0.2, 0.25) is 0 Å².